The maximum absolute atomic E-state index is 12.8. The lowest BCUT2D eigenvalue weighted by Crippen LogP contribution is -2.27. The fourth-order valence-electron chi connectivity index (χ4n) is 2.52. The highest BCUT2D eigenvalue weighted by molar-refractivity contribution is 8.27. The lowest BCUT2D eigenvalue weighted by Gasteiger charge is -2.14. The van der Waals surface area contributed by atoms with Crippen LogP contribution in [0.25, 0.3) is 6.08 Å². The van der Waals surface area contributed by atoms with Crippen molar-refractivity contribution in [3.05, 3.63) is 58.5 Å². The molecule has 1 aliphatic rings. The summed E-state index contributed by atoms with van der Waals surface area (Å²) >= 11 is 6.70. The number of rotatable bonds is 4. The van der Waals surface area contributed by atoms with Gasteiger partial charge in [0.15, 0.2) is 4.32 Å². The number of anilines is 1. The van der Waals surface area contributed by atoms with Gasteiger partial charge in [-0.15, -0.1) is 0 Å². The smallest absolute Gasteiger partial charge is 0.270 e. The summed E-state index contributed by atoms with van der Waals surface area (Å²) in [6, 6.07) is 13.2. The van der Waals surface area contributed by atoms with Crippen molar-refractivity contribution < 1.29 is 14.3 Å². The molecule has 0 spiro atoms. The van der Waals surface area contributed by atoms with Crippen LogP contribution in [0.5, 0.6) is 11.5 Å². The second-order valence-corrected chi connectivity index (χ2v) is 7.18. The number of hydrogen-bond donors (Lipinski definition) is 0. The Morgan fingerprint density at radius 3 is 2.36 bits per heavy atom. The highest BCUT2D eigenvalue weighted by atomic mass is 32.2. The summed E-state index contributed by atoms with van der Waals surface area (Å²) in [6.07, 6.45) is 1.81. The van der Waals surface area contributed by atoms with Crippen LogP contribution in [0.3, 0.4) is 0 Å². The van der Waals surface area contributed by atoms with Gasteiger partial charge in [0.1, 0.15) is 11.5 Å². The second-order valence-electron chi connectivity index (χ2n) is 5.50. The van der Waals surface area contributed by atoms with Crippen molar-refractivity contribution in [2.45, 2.75) is 6.92 Å². The molecule has 4 nitrogen and oxygen atoms in total. The molecule has 1 aliphatic heterocycles. The van der Waals surface area contributed by atoms with Crippen LogP contribution < -0.4 is 14.4 Å². The third-order valence-corrected chi connectivity index (χ3v) is 5.03. The number of carbonyl (C=O) groups excluding carboxylic acids is 1. The number of nitrogens with zero attached hydrogens (tertiary/aromatic N) is 1. The third-order valence-electron chi connectivity index (χ3n) is 3.73. The second kappa shape index (κ2) is 7.29. The van der Waals surface area contributed by atoms with Crippen LogP contribution in [0, 0.1) is 6.92 Å². The predicted octanol–water partition coefficient (Wildman–Crippen LogP) is 4.42. The first kappa shape index (κ1) is 17.5. The minimum Gasteiger partial charge on any atom is -0.497 e. The molecule has 2 aromatic rings. The van der Waals surface area contributed by atoms with E-state index in [1.165, 1.54) is 11.8 Å². The number of aryl methyl sites for hydroxylation is 1. The third kappa shape index (κ3) is 3.70. The summed E-state index contributed by atoms with van der Waals surface area (Å²) < 4.78 is 11.1. The van der Waals surface area contributed by atoms with Gasteiger partial charge in [-0.05, 0) is 48.4 Å². The van der Waals surface area contributed by atoms with Crippen molar-refractivity contribution in [3.8, 4) is 11.5 Å². The Balaban J connectivity index is 1.95. The minimum atomic E-state index is -0.123. The molecule has 0 bridgehead atoms. The molecule has 25 heavy (non-hydrogen) atoms. The number of benzene rings is 2. The lowest BCUT2D eigenvalue weighted by molar-refractivity contribution is -0.113. The van der Waals surface area contributed by atoms with Gasteiger partial charge < -0.3 is 9.47 Å². The molecule has 0 unspecified atom stereocenters. The monoisotopic (exact) mass is 371 g/mol. The Labute approximate surface area is 156 Å². The Morgan fingerprint density at radius 1 is 1.08 bits per heavy atom. The summed E-state index contributed by atoms with van der Waals surface area (Å²) in [5, 5.41) is 0. The van der Waals surface area contributed by atoms with Crippen molar-refractivity contribution in [2.75, 3.05) is 19.1 Å². The number of methoxy groups -OCH3 is 2. The maximum Gasteiger partial charge on any atom is 0.270 e. The molecular formula is C19H17NO3S2. The minimum absolute atomic E-state index is 0.123. The SMILES string of the molecule is COc1cc(/C=C2\SC(=S)N(c3cccc(C)c3)C2=O)cc(OC)c1. The van der Waals surface area contributed by atoms with E-state index in [1.807, 2.05) is 43.3 Å². The van der Waals surface area contributed by atoms with Crippen LogP contribution in [0.2, 0.25) is 0 Å². The number of amides is 1. The summed E-state index contributed by atoms with van der Waals surface area (Å²) in [5.74, 6) is 1.21. The molecule has 1 heterocycles. The van der Waals surface area contributed by atoms with Gasteiger partial charge in [-0.1, -0.05) is 36.1 Å². The Hall–Kier alpha value is -2.31. The first-order valence-electron chi connectivity index (χ1n) is 7.59. The lowest BCUT2D eigenvalue weighted by atomic mass is 10.1. The molecule has 1 fully saturated rings. The molecule has 0 atom stereocenters. The molecule has 128 valence electrons. The standard InChI is InChI=1S/C19H17NO3S2/c1-12-5-4-6-14(7-12)20-18(21)17(25-19(20)24)10-13-8-15(22-2)11-16(9-13)23-3/h4-11H,1-3H3/b17-10-. The van der Waals surface area contributed by atoms with E-state index in [-0.39, 0.29) is 5.91 Å². The fraction of sp³-hybridized carbons (Fsp3) is 0.158. The van der Waals surface area contributed by atoms with Crippen molar-refractivity contribution in [1.29, 1.82) is 0 Å². The van der Waals surface area contributed by atoms with Gasteiger partial charge in [0.05, 0.1) is 24.8 Å². The summed E-state index contributed by atoms with van der Waals surface area (Å²) in [5.41, 5.74) is 2.68. The molecule has 0 aromatic heterocycles. The highest BCUT2D eigenvalue weighted by Crippen LogP contribution is 2.37. The van der Waals surface area contributed by atoms with Gasteiger partial charge in [-0.2, -0.15) is 0 Å². The summed E-state index contributed by atoms with van der Waals surface area (Å²) in [6.45, 7) is 1.99. The number of carbonyl (C=O) groups is 1. The van der Waals surface area contributed by atoms with Crippen LogP contribution >= 0.6 is 24.0 Å². The van der Waals surface area contributed by atoms with Crippen LogP contribution in [0.15, 0.2) is 47.4 Å². The summed E-state index contributed by atoms with van der Waals surface area (Å²) in [4.78, 5) is 15.0. The van der Waals surface area contributed by atoms with Gasteiger partial charge in [-0.25, -0.2) is 0 Å². The van der Waals surface area contributed by atoms with E-state index in [1.54, 1.807) is 31.3 Å². The van der Waals surface area contributed by atoms with Crippen molar-refractivity contribution in [1.82, 2.24) is 0 Å². The van der Waals surface area contributed by atoms with E-state index in [2.05, 4.69) is 0 Å². The molecule has 6 heteroatoms. The van der Waals surface area contributed by atoms with E-state index in [9.17, 15) is 4.79 Å². The number of thioether (sulfide) groups is 1. The molecule has 2 aromatic carbocycles. The maximum atomic E-state index is 12.8. The van der Waals surface area contributed by atoms with Crippen molar-refractivity contribution in [2.24, 2.45) is 0 Å². The van der Waals surface area contributed by atoms with E-state index in [0.29, 0.717) is 20.7 Å². The molecule has 0 saturated carbocycles. The average Bonchev–Trinajstić information content (AvgIpc) is 2.88. The normalized spacial score (nSPS) is 15.8. The average molecular weight is 371 g/mol. The topological polar surface area (TPSA) is 38.8 Å². The molecular weight excluding hydrogens is 354 g/mol. The Kier molecular flexibility index (Phi) is 5.11. The zero-order chi connectivity index (χ0) is 18.0. The molecule has 3 rings (SSSR count). The van der Waals surface area contributed by atoms with Gasteiger partial charge in [-0.3, -0.25) is 9.69 Å². The van der Waals surface area contributed by atoms with Gasteiger partial charge in [0.2, 0.25) is 0 Å². The van der Waals surface area contributed by atoms with Crippen LogP contribution in [0.1, 0.15) is 11.1 Å². The molecule has 0 N–H and O–H groups in total. The van der Waals surface area contributed by atoms with E-state index in [0.717, 1.165) is 16.8 Å². The Bertz CT molecular complexity index is 854. The Morgan fingerprint density at radius 2 is 1.76 bits per heavy atom. The van der Waals surface area contributed by atoms with Gasteiger partial charge in [0.25, 0.3) is 5.91 Å². The van der Waals surface area contributed by atoms with Gasteiger partial charge in [0, 0.05) is 6.07 Å². The van der Waals surface area contributed by atoms with Crippen LogP contribution in [0.4, 0.5) is 5.69 Å². The first-order valence-corrected chi connectivity index (χ1v) is 8.82. The molecule has 0 aliphatic carbocycles. The number of hydrogen-bond acceptors (Lipinski definition) is 5. The highest BCUT2D eigenvalue weighted by Gasteiger charge is 2.33. The number of thiocarbonyl (C=S) groups is 1. The van der Waals surface area contributed by atoms with E-state index >= 15 is 0 Å². The largest absolute Gasteiger partial charge is 0.497 e. The summed E-state index contributed by atoms with van der Waals surface area (Å²) in [7, 11) is 3.19. The van der Waals surface area contributed by atoms with Crippen molar-refractivity contribution >= 4 is 46.0 Å². The zero-order valence-corrected chi connectivity index (χ0v) is 15.7. The predicted molar refractivity (Wildman–Crippen MR) is 106 cm³/mol. The van der Waals surface area contributed by atoms with E-state index < -0.39 is 0 Å². The fourth-order valence-corrected chi connectivity index (χ4v) is 3.82. The van der Waals surface area contributed by atoms with Gasteiger partial charge >= 0.3 is 0 Å². The van der Waals surface area contributed by atoms with Crippen molar-refractivity contribution in [3.63, 3.8) is 0 Å². The number of ether oxygens (including phenoxy) is 2. The molecule has 1 amide bonds. The molecule has 1 saturated heterocycles. The van der Waals surface area contributed by atoms with E-state index in [4.69, 9.17) is 21.7 Å². The van der Waals surface area contributed by atoms with Crippen LogP contribution in [-0.4, -0.2) is 24.4 Å². The molecule has 0 radical (unpaired) electrons. The zero-order valence-electron chi connectivity index (χ0n) is 14.1. The van der Waals surface area contributed by atoms with Crippen LogP contribution in [-0.2, 0) is 4.79 Å². The quantitative estimate of drug-likeness (QED) is 0.588. The first-order chi connectivity index (χ1) is 12.0.